The van der Waals surface area contributed by atoms with Gasteiger partial charge in [0.2, 0.25) is 5.95 Å². The molecule has 1 heterocycles. The highest BCUT2D eigenvalue weighted by Crippen LogP contribution is 2.24. The average Bonchev–Trinajstić information content (AvgIpc) is 2.47. The zero-order valence-electron chi connectivity index (χ0n) is 11.4. The van der Waals surface area contributed by atoms with E-state index in [2.05, 4.69) is 20.3 Å². The topological polar surface area (TPSA) is 112 Å². The van der Waals surface area contributed by atoms with Crippen molar-refractivity contribution in [2.24, 2.45) is 0 Å². The first kappa shape index (κ1) is 14.4. The summed E-state index contributed by atoms with van der Waals surface area (Å²) in [5.41, 5.74) is -0.0829. The number of anilines is 1. The average molecular weight is 291 g/mol. The van der Waals surface area contributed by atoms with Gasteiger partial charge in [-0.1, -0.05) is 6.07 Å². The number of nitrogens with one attached hydrogen (secondary N) is 1. The number of nitro groups is 1. The molecule has 0 saturated heterocycles. The van der Waals surface area contributed by atoms with Crippen molar-refractivity contribution in [3.8, 4) is 17.8 Å². The van der Waals surface area contributed by atoms with Crippen LogP contribution in [0.1, 0.15) is 6.92 Å². The van der Waals surface area contributed by atoms with Gasteiger partial charge in [0.05, 0.1) is 17.6 Å². The normalized spacial score (nSPS) is 10.0. The minimum atomic E-state index is -0.509. The van der Waals surface area contributed by atoms with Crippen molar-refractivity contribution in [3.63, 3.8) is 0 Å². The predicted molar refractivity (Wildman–Crippen MR) is 73.7 cm³/mol. The number of nitrogens with zero attached hydrogens (tertiary/aromatic N) is 4. The number of benzene rings is 1. The van der Waals surface area contributed by atoms with Crippen molar-refractivity contribution in [1.82, 2.24) is 15.0 Å². The lowest BCUT2D eigenvalue weighted by Gasteiger charge is -2.07. The molecular formula is C12H13N5O4. The summed E-state index contributed by atoms with van der Waals surface area (Å²) >= 11 is 0. The van der Waals surface area contributed by atoms with Crippen LogP contribution < -0.4 is 14.8 Å². The van der Waals surface area contributed by atoms with Gasteiger partial charge in [-0.3, -0.25) is 10.1 Å². The SMILES string of the molecule is CCOc1nc(NC)nc(Oc2cccc([N+](=O)[O-])c2)n1. The predicted octanol–water partition coefficient (Wildman–Crippen LogP) is 2.01. The van der Waals surface area contributed by atoms with Gasteiger partial charge >= 0.3 is 12.0 Å². The molecule has 1 aromatic carbocycles. The van der Waals surface area contributed by atoms with Crippen LogP contribution in [0.4, 0.5) is 11.6 Å². The van der Waals surface area contributed by atoms with Crippen molar-refractivity contribution in [1.29, 1.82) is 0 Å². The maximum absolute atomic E-state index is 10.7. The van der Waals surface area contributed by atoms with Crippen LogP contribution in [-0.2, 0) is 0 Å². The summed E-state index contributed by atoms with van der Waals surface area (Å²) in [6.45, 7) is 2.19. The summed E-state index contributed by atoms with van der Waals surface area (Å²) in [5, 5.41) is 13.5. The van der Waals surface area contributed by atoms with Gasteiger partial charge in [0, 0.05) is 13.1 Å². The summed E-state index contributed by atoms with van der Waals surface area (Å²) in [5.74, 6) is 0.522. The molecule has 0 bridgehead atoms. The molecule has 2 aromatic rings. The first-order chi connectivity index (χ1) is 10.1. The standard InChI is InChI=1S/C12H13N5O4/c1-3-20-11-14-10(13-2)15-12(16-11)21-9-6-4-5-8(7-9)17(18)19/h4-7H,3H2,1-2H3,(H,13,14,15,16). The number of hydrogen-bond acceptors (Lipinski definition) is 8. The number of rotatable bonds is 6. The molecule has 0 atom stereocenters. The van der Waals surface area contributed by atoms with Gasteiger partial charge in [-0.15, -0.1) is 4.98 Å². The number of hydrogen-bond donors (Lipinski definition) is 1. The van der Waals surface area contributed by atoms with Gasteiger partial charge in [-0.2, -0.15) is 9.97 Å². The first-order valence-corrected chi connectivity index (χ1v) is 6.11. The summed E-state index contributed by atoms with van der Waals surface area (Å²) in [7, 11) is 1.64. The van der Waals surface area contributed by atoms with E-state index >= 15 is 0 Å². The molecule has 21 heavy (non-hydrogen) atoms. The molecular weight excluding hydrogens is 278 g/mol. The van der Waals surface area contributed by atoms with E-state index in [0.717, 1.165) is 0 Å². The van der Waals surface area contributed by atoms with Crippen LogP contribution >= 0.6 is 0 Å². The maximum atomic E-state index is 10.7. The van der Waals surface area contributed by atoms with Crippen molar-refractivity contribution in [2.75, 3.05) is 19.0 Å². The van der Waals surface area contributed by atoms with Crippen molar-refractivity contribution >= 4 is 11.6 Å². The van der Waals surface area contributed by atoms with Gasteiger partial charge in [-0.05, 0) is 13.0 Å². The van der Waals surface area contributed by atoms with Gasteiger partial charge in [0.25, 0.3) is 5.69 Å². The molecule has 1 N–H and O–H groups in total. The second-order valence-electron chi connectivity index (χ2n) is 3.76. The molecule has 1 aromatic heterocycles. The summed E-state index contributed by atoms with van der Waals surface area (Å²) in [4.78, 5) is 22.2. The van der Waals surface area contributed by atoms with Gasteiger partial charge < -0.3 is 14.8 Å². The molecule has 9 nitrogen and oxygen atoms in total. The van der Waals surface area contributed by atoms with Gasteiger partial charge in [-0.25, -0.2) is 0 Å². The second kappa shape index (κ2) is 6.46. The molecule has 0 aliphatic carbocycles. The largest absolute Gasteiger partial charge is 0.464 e. The van der Waals surface area contributed by atoms with Crippen molar-refractivity contribution < 1.29 is 14.4 Å². The van der Waals surface area contributed by atoms with E-state index in [9.17, 15) is 10.1 Å². The third-order valence-electron chi connectivity index (χ3n) is 2.33. The Morgan fingerprint density at radius 2 is 2.05 bits per heavy atom. The Kier molecular flexibility index (Phi) is 4.44. The molecule has 0 unspecified atom stereocenters. The van der Waals surface area contributed by atoms with Gasteiger partial charge in [0.15, 0.2) is 0 Å². The zero-order valence-corrected chi connectivity index (χ0v) is 11.4. The Morgan fingerprint density at radius 1 is 1.29 bits per heavy atom. The number of ether oxygens (including phenoxy) is 2. The van der Waals surface area contributed by atoms with E-state index in [1.807, 2.05) is 0 Å². The summed E-state index contributed by atoms with van der Waals surface area (Å²) in [6, 6.07) is 5.82. The smallest absolute Gasteiger partial charge is 0.330 e. The highest BCUT2D eigenvalue weighted by Gasteiger charge is 2.11. The molecule has 0 radical (unpaired) electrons. The molecule has 0 aliphatic heterocycles. The molecule has 0 aliphatic rings. The van der Waals surface area contributed by atoms with E-state index < -0.39 is 4.92 Å². The lowest BCUT2D eigenvalue weighted by atomic mass is 10.3. The lowest BCUT2D eigenvalue weighted by molar-refractivity contribution is -0.384. The van der Waals surface area contributed by atoms with E-state index in [1.54, 1.807) is 20.0 Å². The minimum Gasteiger partial charge on any atom is -0.464 e. The monoisotopic (exact) mass is 291 g/mol. The quantitative estimate of drug-likeness (QED) is 0.635. The fourth-order valence-electron chi connectivity index (χ4n) is 1.46. The first-order valence-electron chi connectivity index (χ1n) is 6.11. The summed E-state index contributed by atoms with van der Waals surface area (Å²) < 4.78 is 10.6. The Hall–Kier alpha value is -2.97. The highest BCUT2D eigenvalue weighted by molar-refractivity contribution is 5.39. The van der Waals surface area contributed by atoms with Crippen LogP contribution in [0.15, 0.2) is 24.3 Å². The maximum Gasteiger partial charge on any atom is 0.330 e. The van der Waals surface area contributed by atoms with Crippen LogP contribution in [0.25, 0.3) is 0 Å². The van der Waals surface area contributed by atoms with E-state index in [4.69, 9.17) is 9.47 Å². The molecule has 0 fully saturated rings. The van der Waals surface area contributed by atoms with Crippen LogP contribution in [0.3, 0.4) is 0 Å². The van der Waals surface area contributed by atoms with Crippen molar-refractivity contribution in [2.45, 2.75) is 6.92 Å². The Balaban J connectivity index is 2.27. The third-order valence-corrected chi connectivity index (χ3v) is 2.33. The molecule has 0 spiro atoms. The van der Waals surface area contributed by atoms with E-state index in [0.29, 0.717) is 6.61 Å². The third kappa shape index (κ3) is 3.75. The Labute approximate surface area is 120 Å². The molecule has 0 saturated carbocycles. The minimum absolute atomic E-state index is 0.0155. The molecule has 0 amide bonds. The zero-order chi connectivity index (χ0) is 15.2. The van der Waals surface area contributed by atoms with Crippen LogP contribution in [0.5, 0.6) is 17.8 Å². The van der Waals surface area contributed by atoms with E-state index in [1.165, 1.54) is 18.2 Å². The number of nitro benzene ring substituents is 1. The number of aromatic nitrogens is 3. The highest BCUT2D eigenvalue weighted by atomic mass is 16.6. The fraction of sp³-hybridized carbons (Fsp3) is 0.250. The molecule has 110 valence electrons. The van der Waals surface area contributed by atoms with Crippen LogP contribution in [0, 0.1) is 10.1 Å². The number of non-ortho nitro benzene ring substituents is 1. The molecule has 2 rings (SSSR count). The Morgan fingerprint density at radius 3 is 2.71 bits per heavy atom. The summed E-state index contributed by atoms with van der Waals surface area (Å²) in [6.07, 6.45) is 0. The van der Waals surface area contributed by atoms with E-state index in [-0.39, 0.29) is 29.4 Å². The Bertz CT molecular complexity index is 649. The molecule has 9 heteroatoms. The van der Waals surface area contributed by atoms with Crippen molar-refractivity contribution in [3.05, 3.63) is 34.4 Å². The van der Waals surface area contributed by atoms with Crippen LogP contribution in [0.2, 0.25) is 0 Å². The lowest BCUT2D eigenvalue weighted by Crippen LogP contribution is -2.05. The van der Waals surface area contributed by atoms with Crippen LogP contribution in [-0.4, -0.2) is 33.5 Å². The van der Waals surface area contributed by atoms with Gasteiger partial charge in [0.1, 0.15) is 5.75 Å². The second-order valence-corrected chi connectivity index (χ2v) is 3.76. The fourth-order valence-corrected chi connectivity index (χ4v) is 1.46.